The molecule has 158 valence electrons. The minimum absolute atomic E-state index is 0.0486. The van der Waals surface area contributed by atoms with Gasteiger partial charge in [0.05, 0.1) is 14.2 Å². The monoisotopic (exact) mass is 405 g/mol. The average molecular weight is 406 g/mol. The fourth-order valence-corrected chi connectivity index (χ4v) is 5.08. The van der Waals surface area contributed by atoms with Gasteiger partial charge in [0.1, 0.15) is 0 Å². The van der Waals surface area contributed by atoms with E-state index in [0.717, 1.165) is 50.0 Å². The summed E-state index contributed by atoms with van der Waals surface area (Å²) in [7, 11) is 3.25. The van der Waals surface area contributed by atoms with Crippen LogP contribution in [-0.4, -0.2) is 38.0 Å². The van der Waals surface area contributed by atoms with Crippen LogP contribution in [0.2, 0.25) is 0 Å². The molecule has 0 bridgehead atoms. The van der Waals surface area contributed by atoms with Gasteiger partial charge in [-0.15, -0.1) is 0 Å². The van der Waals surface area contributed by atoms with Gasteiger partial charge in [0.15, 0.2) is 17.3 Å². The third-order valence-corrected chi connectivity index (χ3v) is 6.66. The van der Waals surface area contributed by atoms with Crippen LogP contribution in [0.5, 0.6) is 11.5 Å². The molecule has 1 fully saturated rings. The Balaban J connectivity index is 1.44. The first-order valence-electron chi connectivity index (χ1n) is 10.9. The zero-order chi connectivity index (χ0) is 21.1. The quantitative estimate of drug-likeness (QED) is 0.640. The van der Waals surface area contributed by atoms with Crippen LogP contribution >= 0.6 is 0 Å². The average Bonchev–Trinajstić information content (AvgIpc) is 3.10. The lowest BCUT2D eigenvalue weighted by Gasteiger charge is -2.34. The van der Waals surface area contributed by atoms with Crippen LogP contribution in [0, 0.1) is 11.8 Å². The molecule has 0 spiro atoms. The molecule has 4 nitrogen and oxygen atoms in total. The predicted octanol–water partition coefficient (Wildman–Crippen LogP) is 4.92. The van der Waals surface area contributed by atoms with Crippen molar-refractivity contribution in [3.05, 3.63) is 70.8 Å². The molecule has 4 rings (SSSR count). The molecule has 1 saturated heterocycles. The van der Waals surface area contributed by atoms with Crippen molar-refractivity contribution < 1.29 is 14.3 Å². The van der Waals surface area contributed by atoms with E-state index in [2.05, 4.69) is 48.2 Å². The Morgan fingerprint density at radius 2 is 1.73 bits per heavy atom. The van der Waals surface area contributed by atoms with E-state index in [9.17, 15) is 4.79 Å². The number of ether oxygens (including phenoxy) is 2. The van der Waals surface area contributed by atoms with E-state index in [1.807, 2.05) is 12.1 Å². The van der Waals surface area contributed by atoms with Gasteiger partial charge in [0.25, 0.3) is 0 Å². The number of methoxy groups -OCH3 is 2. The normalized spacial score (nSPS) is 20.3. The van der Waals surface area contributed by atoms with Crippen molar-refractivity contribution in [2.24, 2.45) is 11.8 Å². The van der Waals surface area contributed by atoms with Gasteiger partial charge in [-0.25, -0.2) is 0 Å². The molecule has 1 aliphatic heterocycles. The molecule has 0 saturated carbocycles. The minimum atomic E-state index is -0.0486. The number of Topliss-reactive ketones (excluding diaryl/α,β-unsaturated/α-hetero) is 1. The van der Waals surface area contributed by atoms with E-state index in [-0.39, 0.29) is 11.7 Å². The van der Waals surface area contributed by atoms with Gasteiger partial charge in [-0.3, -0.25) is 9.69 Å². The number of benzene rings is 2. The highest BCUT2D eigenvalue weighted by atomic mass is 16.5. The highest BCUT2D eigenvalue weighted by Gasteiger charge is 2.37. The van der Waals surface area contributed by atoms with E-state index in [1.165, 1.54) is 11.1 Å². The molecule has 1 aliphatic carbocycles. The molecule has 0 amide bonds. The second kappa shape index (κ2) is 9.05. The highest BCUT2D eigenvalue weighted by Crippen LogP contribution is 2.42. The Morgan fingerprint density at radius 1 is 1.07 bits per heavy atom. The topological polar surface area (TPSA) is 38.8 Å². The number of fused-ring (bicyclic) bond motifs is 1. The summed E-state index contributed by atoms with van der Waals surface area (Å²) in [5.41, 5.74) is 4.54. The summed E-state index contributed by atoms with van der Waals surface area (Å²) in [5, 5.41) is 0. The summed E-state index contributed by atoms with van der Waals surface area (Å²) in [6.45, 7) is 5.24. The zero-order valence-electron chi connectivity index (χ0n) is 18.2. The van der Waals surface area contributed by atoms with Gasteiger partial charge < -0.3 is 9.47 Å². The Kier molecular flexibility index (Phi) is 6.24. The summed E-state index contributed by atoms with van der Waals surface area (Å²) in [5.74, 6) is 1.98. The van der Waals surface area contributed by atoms with Crippen molar-refractivity contribution in [3.8, 4) is 11.5 Å². The molecule has 2 aliphatic rings. The number of ketones is 1. The predicted molar refractivity (Wildman–Crippen MR) is 119 cm³/mol. The maximum Gasteiger partial charge on any atom is 0.170 e. The second-order valence-corrected chi connectivity index (χ2v) is 8.31. The molecule has 2 aromatic carbocycles. The first-order valence-corrected chi connectivity index (χ1v) is 10.9. The van der Waals surface area contributed by atoms with Crippen molar-refractivity contribution in [2.75, 3.05) is 27.3 Å². The van der Waals surface area contributed by atoms with Gasteiger partial charge >= 0.3 is 0 Å². The number of rotatable bonds is 6. The SMILES string of the molecule is C/C=C(\C1CCN(Cc2ccccc2)CC1)C1Cc2cc(OC)c(OC)cc2C1=O. The number of hydrogen-bond donors (Lipinski definition) is 0. The molecule has 30 heavy (non-hydrogen) atoms. The Hall–Kier alpha value is -2.59. The van der Waals surface area contributed by atoms with Crippen molar-refractivity contribution >= 4 is 5.78 Å². The lowest BCUT2D eigenvalue weighted by atomic mass is 9.80. The lowest BCUT2D eigenvalue weighted by molar-refractivity contribution is 0.0942. The van der Waals surface area contributed by atoms with Crippen molar-refractivity contribution in [3.63, 3.8) is 0 Å². The van der Waals surface area contributed by atoms with E-state index in [1.54, 1.807) is 14.2 Å². The summed E-state index contributed by atoms with van der Waals surface area (Å²) in [4.78, 5) is 15.8. The zero-order valence-corrected chi connectivity index (χ0v) is 18.2. The van der Waals surface area contributed by atoms with Crippen LogP contribution in [0.1, 0.15) is 41.3 Å². The van der Waals surface area contributed by atoms with Gasteiger partial charge in [-0.05, 0) is 68.5 Å². The second-order valence-electron chi connectivity index (χ2n) is 8.31. The van der Waals surface area contributed by atoms with Crippen molar-refractivity contribution in [2.45, 2.75) is 32.7 Å². The smallest absolute Gasteiger partial charge is 0.170 e. The molecule has 4 heteroatoms. The number of nitrogens with zero attached hydrogens (tertiary/aromatic N) is 1. The highest BCUT2D eigenvalue weighted by molar-refractivity contribution is 6.04. The third kappa shape index (κ3) is 4.01. The minimum Gasteiger partial charge on any atom is -0.493 e. The molecular weight excluding hydrogens is 374 g/mol. The Labute approximate surface area is 179 Å². The Bertz CT molecular complexity index is 927. The van der Waals surface area contributed by atoms with Crippen LogP contribution in [0.25, 0.3) is 0 Å². The summed E-state index contributed by atoms with van der Waals surface area (Å²) >= 11 is 0. The van der Waals surface area contributed by atoms with E-state index < -0.39 is 0 Å². The molecule has 0 aromatic heterocycles. The lowest BCUT2D eigenvalue weighted by Crippen LogP contribution is -2.35. The molecular formula is C26H31NO3. The standard InChI is InChI=1S/C26H31NO3/c1-4-21(19-10-12-27(13-11-19)17-18-8-6-5-7-9-18)23-14-20-15-24(29-2)25(30-3)16-22(20)26(23)28/h4-9,15-16,19,23H,10-14,17H2,1-3H3/b21-4+. The Morgan fingerprint density at radius 3 is 2.37 bits per heavy atom. The number of carbonyl (C=O) groups excluding carboxylic acids is 1. The molecule has 1 atom stereocenters. The fraction of sp³-hybridized carbons (Fsp3) is 0.423. The summed E-state index contributed by atoms with van der Waals surface area (Å²) in [6, 6.07) is 14.5. The number of carbonyl (C=O) groups is 1. The number of likely N-dealkylation sites (tertiary alicyclic amines) is 1. The molecule has 1 heterocycles. The van der Waals surface area contributed by atoms with Crippen molar-refractivity contribution in [1.82, 2.24) is 4.90 Å². The van der Waals surface area contributed by atoms with Crippen LogP contribution < -0.4 is 9.47 Å². The van der Waals surface area contributed by atoms with Crippen LogP contribution in [-0.2, 0) is 13.0 Å². The van der Waals surface area contributed by atoms with E-state index >= 15 is 0 Å². The van der Waals surface area contributed by atoms with Crippen LogP contribution in [0.15, 0.2) is 54.1 Å². The molecule has 1 unspecified atom stereocenters. The first kappa shape index (κ1) is 20.7. The van der Waals surface area contributed by atoms with Crippen molar-refractivity contribution in [1.29, 1.82) is 0 Å². The van der Waals surface area contributed by atoms with E-state index in [4.69, 9.17) is 9.47 Å². The van der Waals surface area contributed by atoms with Gasteiger partial charge in [-0.1, -0.05) is 42.0 Å². The number of hydrogen-bond acceptors (Lipinski definition) is 4. The van der Waals surface area contributed by atoms with Gasteiger partial charge in [0, 0.05) is 18.0 Å². The van der Waals surface area contributed by atoms with Crippen LogP contribution in [0.3, 0.4) is 0 Å². The summed E-state index contributed by atoms with van der Waals surface area (Å²) < 4.78 is 10.9. The number of allylic oxidation sites excluding steroid dienone is 2. The molecule has 0 radical (unpaired) electrons. The summed E-state index contributed by atoms with van der Waals surface area (Å²) in [6.07, 6.45) is 5.18. The van der Waals surface area contributed by atoms with Gasteiger partial charge in [-0.2, -0.15) is 0 Å². The van der Waals surface area contributed by atoms with E-state index in [0.29, 0.717) is 17.4 Å². The molecule has 2 aromatic rings. The largest absolute Gasteiger partial charge is 0.493 e. The fourth-order valence-electron chi connectivity index (χ4n) is 5.08. The molecule has 0 N–H and O–H groups in total. The number of piperidine rings is 1. The maximum absolute atomic E-state index is 13.3. The van der Waals surface area contributed by atoms with Gasteiger partial charge in [0.2, 0.25) is 0 Å². The first-order chi connectivity index (χ1) is 14.6. The maximum atomic E-state index is 13.3. The van der Waals surface area contributed by atoms with Crippen LogP contribution in [0.4, 0.5) is 0 Å². The third-order valence-electron chi connectivity index (χ3n) is 6.66.